The fourth-order valence-corrected chi connectivity index (χ4v) is 4.87. The number of ether oxygens (including phenoxy) is 1. The number of hydrogen-bond donors (Lipinski definition) is 2. The normalized spacial score (nSPS) is 14.8. The number of amides is 1. The van der Waals surface area contributed by atoms with Crippen LogP contribution in [0.2, 0.25) is 0 Å². The zero-order valence-corrected chi connectivity index (χ0v) is 20.1. The number of nitrogens with one attached hydrogen (secondary N) is 2. The molecular weight excluding hydrogens is 430 g/mol. The van der Waals surface area contributed by atoms with Gasteiger partial charge in [-0.1, -0.05) is 6.92 Å². The van der Waals surface area contributed by atoms with Gasteiger partial charge in [-0.25, -0.2) is 4.98 Å². The molecule has 0 unspecified atom stereocenters. The van der Waals surface area contributed by atoms with Gasteiger partial charge in [0.25, 0.3) is 5.91 Å². The average molecular weight is 462 g/mol. The van der Waals surface area contributed by atoms with Crippen molar-refractivity contribution in [3.63, 3.8) is 0 Å². The van der Waals surface area contributed by atoms with Crippen LogP contribution in [-0.2, 0) is 7.05 Å². The summed E-state index contributed by atoms with van der Waals surface area (Å²) in [4.78, 5) is 20.2. The molecule has 1 amide bonds. The Morgan fingerprint density at radius 2 is 2.00 bits per heavy atom. The number of nitrogens with zero attached hydrogens (tertiary/aromatic N) is 5. The third-order valence-corrected chi connectivity index (χ3v) is 6.48. The molecule has 0 atom stereocenters. The van der Waals surface area contributed by atoms with Crippen molar-refractivity contribution >= 4 is 33.8 Å². The number of pyridine rings is 1. The van der Waals surface area contributed by atoms with Crippen molar-refractivity contribution in [2.75, 3.05) is 37.0 Å². The van der Waals surface area contributed by atoms with E-state index < -0.39 is 0 Å². The highest BCUT2D eigenvalue weighted by molar-refractivity contribution is 6.14. The number of benzene rings is 1. The first-order valence-electron chi connectivity index (χ1n) is 11.8. The summed E-state index contributed by atoms with van der Waals surface area (Å²) in [6, 6.07) is 6.32. The van der Waals surface area contributed by atoms with Crippen LogP contribution in [0.4, 0.5) is 11.4 Å². The summed E-state index contributed by atoms with van der Waals surface area (Å²) in [6.45, 7) is 7.04. The lowest BCUT2D eigenvalue weighted by Gasteiger charge is -2.34. The number of carbonyl (C=O) groups is 1. The maximum atomic E-state index is 13.4. The van der Waals surface area contributed by atoms with Crippen LogP contribution in [0.5, 0.6) is 5.75 Å². The van der Waals surface area contributed by atoms with Gasteiger partial charge in [0.2, 0.25) is 0 Å². The molecular formula is C25H31N7O2. The number of imidazole rings is 1. The van der Waals surface area contributed by atoms with Crippen molar-refractivity contribution < 1.29 is 9.53 Å². The molecule has 0 spiro atoms. The second-order valence-corrected chi connectivity index (χ2v) is 8.87. The highest BCUT2D eigenvalue weighted by atomic mass is 16.5. The van der Waals surface area contributed by atoms with Crippen molar-refractivity contribution in [1.82, 2.24) is 24.5 Å². The van der Waals surface area contributed by atoms with Gasteiger partial charge in [-0.2, -0.15) is 5.10 Å². The number of fused-ring (bicyclic) bond motifs is 2. The van der Waals surface area contributed by atoms with Gasteiger partial charge in [0.15, 0.2) is 0 Å². The number of anilines is 2. The van der Waals surface area contributed by atoms with Crippen LogP contribution < -0.4 is 20.3 Å². The molecule has 2 N–H and O–H groups in total. The molecule has 178 valence electrons. The van der Waals surface area contributed by atoms with E-state index in [1.165, 1.54) is 0 Å². The van der Waals surface area contributed by atoms with Crippen LogP contribution in [0.3, 0.4) is 0 Å². The molecule has 1 saturated heterocycles. The van der Waals surface area contributed by atoms with Crippen LogP contribution in [0.1, 0.15) is 35.8 Å². The number of methoxy groups -OCH3 is 1. The topological polar surface area (TPSA) is 88.7 Å². The Hall–Kier alpha value is -3.59. The Morgan fingerprint density at radius 1 is 1.21 bits per heavy atom. The number of aromatic nitrogens is 4. The Kier molecular flexibility index (Phi) is 5.87. The minimum atomic E-state index is -0.226. The van der Waals surface area contributed by atoms with Crippen LogP contribution in [-0.4, -0.2) is 57.9 Å². The van der Waals surface area contributed by atoms with Crippen molar-refractivity contribution in [2.24, 2.45) is 7.05 Å². The van der Waals surface area contributed by atoms with Crippen LogP contribution >= 0.6 is 0 Å². The molecule has 1 fully saturated rings. The SMILES string of the molecule is CCNC1CCN(c2ccc(C(=O)Nc3cn4cc(C)nc4cc3OC)c3nn(C)cc23)CC1. The number of carbonyl (C=O) groups excluding carboxylic acids is 1. The molecule has 1 aliphatic heterocycles. The van der Waals surface area contributed by atoms with E-state index in [4.69, 9.17) is 4.74 Å². The van der Waals surface area contributed by atoms with Crippen LogP contribution in [0, 0.1) is 6.92 Å². The smallest absolute Gasteiger partial charge is 0.258 e. The molecule has 34 heavy (non-hydrogen) atoms. The molecule has 9 heteroatoms. The maximum Gasteiger partial charge on any atom is 0.258 e. The molecule has 9 nitrogen and oxygen atoms in total. The number of piperidine rings is 1. The summed E-state index contributed by atoms with van der Waals surface area (Å²) < 4.78 is 9.17. The van der Waals surface area contributed by atoms with Gasteiger partial charge in [0.05, 0.1) is 18.4 Å². The third-order valence-electron chi connectivity index (χ3n) is 6.48. The summed E-state index contributed by atoms with van der Waals surface area (Å²) in [5.41, 5.74) is 4.60. The maximum absolute atomic E-state index is 13.4. The second kappa shape index (κ2) is 8.98. The molecule has 5 rings (SSSR count). The standard InChI is InChI=1S/C25H31N7O2/c1-5-26-17-8-10-31(11-9-17)21-7-6-18(24-19(21)14-30(3)29-24)25(33)28-20-15-32-13-16(2)27-23(32)12-22(20)34-4/h6-7,12-15,17,26H,5,8-11H2,1-4H3,(H,28,33). The van der Waals surface area contributed by atoms with E-state index in [-0.39, 0.29) is 5.91 Å². The first-order valence-corrected chi connectivity index (χ1v) is 11.8. The predicted molar refractivity (Wildman–Crippen MR) is 134 cm³/mol. The largest absolute Gasteiger partial charge is 0.494 e. The van der Waals surface area contributed by atoms with Gasteiger partial charge >= 0.3 is 0 Å². The van der Waals surface area contributed by atoms with Gasteiger partial charge < -0.3 is 24.7 Å². The summed E-state index contributed by atoms with van der Waals surface area (Å²) in [6.07, 6.45) is 7.94. The Bertz CT molecular complexity index is 1350. The fraction of sp³-hybridized carbons (Fsp3) is 0.400. The van der Waals surface area contributed by atoms with Gasteiger partial charge in [-0.05, 0) is 38.4 Å². The van der Waals surface area contributed by atoms with Crippen molar-refractivity contribution in [3.8, 4) is 5.75 Å². The van der Waals surface area contributed by atoms with Gasteiger partial charge in [0.1, 0.15) is 22.6 Å². The Balaban J connectivity index is 1.45. The lowest BCUT2D eigenvalue weighted by Crippen LogP contribution is -2.42. The van der Waals surface area contributed by atoms with E-state index in [9.17, 15) is 4.79 Å². The number of rotatable bonds is 6. The molecule has 4 aromatic rings. The van der Waals surface area contributed by atoms with E-state index >= 15 is 0 Å². The third kappa shape index (κ3) is 4.07. The Morgan fingerprint density at radius 3 is 2.74 bits per heavy atom. The van der Waals surface area contributed by atoms with Crippen LogP contribution in [0.15, 0.2) is 36.8 Å². The molecule has 1 aromatic carbocycles. The van der Waals surface area contributed by atoms with E-state index in [0.29, 0.717) is 28.6 Å². The zero-order valence-electron chi connectivity index (χ0n) is 20.1. The monoisotopic (exact) mass is 461 g/mol. The zero-order chi connectivity index (χ0) is 23.8. The summed E-state index contributed by atoms with van der Waals surface area (Å²) in [7, 11) is 3.48. The van der Waals surface area contributed by atoms with Crippen molar-refractivity contribution in [2.45, 2.75) is 32.7 Å². The summed E-state index contributed by atoms with van der Waals surface area (Å²) in [5, 5.41) is 12.2. The highest BCUT2D eigenvalue weighted by Gasteiger charge is 2.23. The van der Waals surface area contributed by atoms with Crippen molar-refractivity contribution in [1.29, 1.82) is 0 Å². The summed E-state index contributed by atoms with van der Waals surface area (Å²) >= 11 is 0. The first-order chi connectivity index (χ1) is 16.5. The van der Waals surface area contributed by atoms with Crippen LogP contribution in [0.25, 0.3) is 16.6 Å². The lowest BCUT2D eigenvalue weighted by atomic mass is 10.0. The minimum Gasteiger partial charge on any atom is -0.494 e. The van der Waals surface area contributed by atoms with E-state index in [1.807, 2.05) is 55.2 Å². The predicted octanol–water partition coefficient (Wildman–Crippen LogP) is 3.37. The first kappa shape index (κ1) is 22.2. The Labute approximate surface area is 198 Å². The molecule has 0 radical (unpaired) electrons. The van der Waals surface area contributed by atoms with Crippen molar-refractivity contribution in [3.05, 3.63) is 48.0 Å². The molecule has 0 saturated carbocycles. The van der Waals surface area contributed by atoms with E-state index in [1.54, 1.807) is 11.8 Å². The van der Waals surface area contributed by atoms with Gasteiger partial charge in [0, 0.05) is 61.9 Å². The summed E-state index contributed by atoms with van der Waals surface area (Å²) in [5.74, 6) is 0.333. The van der Waals surface area contributed by atoms with Gasteiger partial charge in [-0.15, -0.1) is 0 Å². The van der Waals surface area contributed by atoms with E-state index in [0.717, 1.165) is 54.9 Å². The van der Waals surface area contributed by atoms with E-state index in [2.05, 4.69) is 32.5 Å². The minimum absolute atomic E-state index is 0.226. The van der Waals surface area contributed by atoms with Gasteiger partial charge in [-0.3, -0.25) is 9.48 Å². The molecule has 3 aromatic heterocycles. The molecule has 1 aliphatic rings. The molecule has 4 heterocycles. The average Bonchev–Trinajstić information content (AvgIpc) is 3.39. The quantitative estimate of drug-likeness (QED) is 0.458. The lowest BCUT2D eigenvalue weighted by molar-refractivity contribution is 0.102. The molecule has 0 aliphatic carbocycles. The molecule has 0 bridgehead atoms. The highest BCUT2D eigenvalue weighted by Crippen LogP contribution is 2.32. The fourth-order valence-electron chi connectivity index (χ4n) is 4.87. The second-order valence-electron chi connectivity index (χ2n) is 8.87. The number of aryl methyl sites for hydroxylation is 2. The number of hydrogen-bond acceptors (Lipinski definition) is 6.